The number of halogens is 2. The van der Waals surface area contributed by atoms with Gasteiger partial charge in [0.2, 0.25) is 0 Å². The van der Waals surface area contributed by atoms with E-state index >= 15 is 0 Å². The van der Waals surface area contributed by atoms with Gasteiger partial charge in [0.05, 0.1) is 0 Å². The maximum atomic E-state index is 3.12. The van der Waals surface area contributed by atoms with Crippen LogP contribution < -0.4 is 0 Å². The van der Waals surface area contributed by atoms with E-state index in [9.17, 15) is 0 Å². The smallest absolute Gasteiger partial charge is 0.0771 e. The maximum absolute atomic E-state index is 3.12. The molecule has 0 saturated heterocycles. The third-order valence-corrected chi connectivity index (χ3v) is 3.39. The van der Waals surface area contributed by atoms with E-state index in [1.165, 1.54) is 27.1 Å². The molecule has 4 rings (SSSR count). The van der Waals surface area contributed by atoms with Crippen LogP contribution in [0, 0.1) is 6.08 Å². The average molecular weight is 423 g/mol. The van der Waals surface area contributed by atoms with Crippen LogP contribution in [-0.4, -0.2) is 6.19 Å². The van der Waals surface area contributed by atoms with Crippen molar-refractivity contribution in [3.05, 3.63) is 78.4 Å². The third kappa shape index (κ3) is 8.02. The molecular weight excluding hydrogens is 399 g/mol. The fraction of sp³-hybridized carbons (Fsp3) is 0.190. The zero-order chi connectivity index (χ0) is 16.7. The van der Waals surface area contributed by atoms with Crippen LogP contribution in [0.3, 0.4) is 0 Å². The predicted molar refractivity (Wildman–Crippen MR) is 115 cm³/mol. The molecule has 0 aliphatic heterocycles. The monoisotopic (exact) mass is 422 g/mol. The summed E-state index contributed by atoms with van der Waals surface area (Å²) < 4.78 is 0. The zero-order valence-corrected chi connectivity index (χ0v) is 19.1. The Morgan fingerprint density at radius 2 is 1.36 bits per heavy atom. The number of fused-ring (bicyclic) bond motifs is 3. The maximum Gasteiger partial charge on any atom is -0.0771 e. The van der Waals surface area contributed by atoms with Crippen LogP contribution in [0.25, 0.3) is 21.5 Å². The summed E-state index contributed by atoms with van der Waals surface area (Å²) in [5, 5.41) is 5.39. The average Bonchev–Trinajstić information content (AvgIpc) is 3.13. The summed E-state index contributed by atoms with van der Waals surface area (Å²) in [4.78, 5) is 0. The van der Waals surface area contributed by atoms with E-state index in [4.69, 9.17) is 0 Å². The zero-order valence-electron chi connectivity index (χ0n) is 14.9. The molecule has 0 aromatic heterocycles. The second-order valence-corrected chi connectivity index (χ2v) is 12.5. The number of rotatable bonds is 0. The van der Waals surface area contributed by atoms with Gasteiger partial charge in [0.25, 0.3) is 0 Å². The number of hydrogen-bond acceptors (Lipinski definition) is 0. The Kier molecular flexibility index (Phi) is 12.3. The van der Waals surface area contributed by atoms with E-state index in [-0.39, 0.29) is 31.0 Å². The summed E-state index contributed by atoms with van der Waals surface area (Å²) in [6.45, 7) is 6.60. The quantitative estimate of drug-likeness (QED) is 0.269. The van der Waals surface area contributed by atoms with Gasteiger partial charge in [-0.15, -0.1) is 71.0 Å². The molecule has 1 aliphatic carbocycles. The normalized spacial score (nSPS) is 11.3. The largest absolute Gasteiger partial charge is 0.147 e. The van der Waals surface area contributed by atoms with Crippen molar-refractivity contribution in [3.63, 3.8) is 0 Å². The number of hydrogen-bond donors (Lipinski definition) is 0. The first kappa shape index (κ1) is 24.3. The van der Waals surface area contributed by atoms with Crippen LogP contribution in [0.1, 0.15) is 13.3 Å². The topological polar surface area (TPSA) is 0 Å². The summed E-state index contributed by atoms with van der Waals surface area (Å²) in [5.74, 6) is 0. The SMILES string of the molecule is CC1=[C-]CC=C1.C[Si](C)=[Ti+2].Cl.Cl.c1ccc2c(c1)[cH-]c1ccccc12. The van der Waals surface area contributed by atoms with Crippen molar-refractivity contribution in [1.29, 1.82) is 0 Å². The molecule has 0 unspecified atom stereocenters. The molecule has 0 amide bonds. The molecule has 25 heavy (non-hydrogen) atoms. The first-order valence-corrected chi connectivity index (χ1v) is 12.7. The second-order valence-electron chi connectivity index (χ2n) is 5.79. The van der Waals surface area contributed by atoms with Crippen molar-refractivity contribution in [2.45, 2.75) is 26.4 Å². The van der Waals surface area contributed by atoms with Crippen molar-refractivity contribution in [3.8, 4) is 0 Å². The number of benzene rings is 2. The van der Waals surface area contributed by atoms with Crippen LogP contribution in [0.15, 0.2) is 72.3 Å². The minimum atomic E-state index is 0. The van der Waals surface area contributed by atoms with Gasteiger partial charge in [0.1, 0.15) is 0 Å². The van der Waals surface area contributed by atoms with Crippen LogP contribution in [0.2, 0.25) is 13.1 Å². The second kappa shape index (κ2) is 12.6. The van der Waals surface area contributed by atoms with Crippen LogP contribution in [0.5, 0.6) is 0 Å². The summed E-state index contributed by atoms with van der Waals surface area (Å²) in [6.07, 6.45) is 8.45. The first-order valence-electron chi connectivity index (χ1n) is 7.87. The molecule has 130 valence electrons. The third-order valence-electron chi connectivity index (χ3n) is 3.39. The van der Waals surface area contributed by atoms with E-state index in [0.717, 1.165) is 6.42 Å². The molecule has 3 aromatic carbocycles. The van der Waals surface area contributed by atoms with Gasteiger partial charge in [-0.3, -0.25) is 6.08 Å². The predicted octanol–water partition coefficient (Wildman–Crippen LogP) is 7.04. The molecule has 0 spiro atoms. The Morgan fingerprint density at radius 3 is 1.68 bits per heavy atom. The van der Waals surface area contributed by atoms with E-state index in [2.05, 4.69) is 112 Å². The molecule has 0 N–H and O–H groups in total. The van der Waals surface area contributed by atoms with Gasteiger partial charge in [-0.2, -0.15) is 6.08 Å². The van der Waals surface area contributed by atoms with Crippen molar-refractivity contribution < 1.29 is 19.2 Å². The summed E-state index contributed by atoms with van der Waals surface area (Å²) in [7, 11) is 0. The van der Waals surface area contributed by atoms with E-state index in [0.29, 0.717) is 0 Å². The van der Waals surface area contributed by atoms with Crippen molar-refractivity contribution in [2.24, 2.45) is 0 Å². The van der Waals surface area contributed by atoms with Gasteiger partial charge >= 0.3 is 38.5 Å². The molecular formula is C21H24Cl2SiTi. The van der Waals surface area contributed by atoms with Crippen molar-refractivity contribution >= 4 is 52.5 Å². The number of allylic oxidation sites excluding steroid dienone is 4. The van der Waals surface area contributed by atoms with E-state index < -0.39 is 0 Å². The standard InChI is InChI=1S/C13H9.C6H7.C2H6Si.2ClH.Ti/c1-3-7-12-10(5-1)9-11-6-2-4-8-13(11)12;1-6-4-2-3-5-6;1-3-2;;;/h1-9H;2,4H,3H2,1H3;1-2H3;2*1H;/q2*-1;;;;+2. The van der Waals surface area contributed by atoms with Gasteiger partial charge < -0.3 is 0 Å². The minimum Gasteiger partial charge on any atom is -0.147 e. The summed E-state index contributed by atoms with van der Waals surface area (Å²) in [6, 6.07) is 19.3. The Bertz CT molecular complexity index is 805. The van der Waals surface area contributed by atoms with E-state index in [1.807, 2.05) is 0 Å². The van der Waals surface area contributed by atoms with Crippen LogP contribution >= 0.6 is 24.8 Å². The Morgan fingerprint density at radius 1 is 0.920 bits per heavy atom. The minimum absolute atomic E-state index is 0. The fourth-order valence-electron chi connectivity index (χ4n) is 2.42. The van der Waals surface area contributed by atoms with Gasteiger partial charge in [-0.25, -0.2) is 11.6 Å². The van der Waals surface area contributed by atoms with Crippen LogP contribution in [-0.2, 0) is 19.2 Å². The first-order chi connectivity index (χ1) is 11.1. The molecule has 3 aromatic rings. The molecule has 0 saturated carbocycles. The Balaban J connectivity index is 0.000000410. The fourth-order valence-corrected chi connectivity index (χ4v) is 2.42. The van der Waals surface area contributed by atoms with Crippen LogP contribution in [0.4, 0.5) is 0 Å². The summed E-state index contributed by atoms with van der Waals surface area (Å²) in [5.41, 5.74) is 1.27. The molecule has 0 heterocycles. The molecule has 0 radical (unpaired) electrons. The summed E-state index contributed by atoms with van der Waals surface area (Å²) >= 11 is 2.27. The van der Waals surface area contributed by atoms with Gasteiger partial charge in [0, 0.05) is 0 Å². The Hall–Kier alpha value is -0.699. The molecule has 4 heteroatoms. The van der Waals surface area contributed by atoms with E-state index in [1.54, 1.807) is 0 Å². The van der Waals surface area contributed by atoms with Gasteiger partial charge in [-0.05, 0) is 0 Å². The van der Waals surface area contributed by atoms with Gasteiger partial charge in [0.15, 0.2) is 0 Å². The molecule has 0 bridgehead atoms. The molecule has 0 atom stereocenters. The van der Waals surface area contributed by atoms with Gasteiger partial charge in [-0.1, -0.05) is 43.3 Å². The van der Waals surface area contributed by atoms with Crippen molar-refractivity contribution in [2.75, 3.05) is 0 Å². The van der Waals surface area contributed by atoms with Crippen molar-refractivity contribution in [1.82, 2.24) is 0 Å². The molecule has 0 nitrogen and oxygen atoms in total. The molecule has 1 aliphatic rings. The Labute approximate surface area is 175 Å². The molecule has 0 fully saturated rings.